The number of carbonyl (C=O) groups is 2. The standard InChI is InChI=1S/2C19H26N6O.H2O/c2*1-23-8-4-15-16(23)5-11-25-13-7-21-18(25)17(15)14-2-9-24(10-3-14)12-6-22-19(20)26;/h2*4,7-8,13H,2-3,5-6,9-12H2,1H3,(H3,20,22,26);1H2. The molecule has 8 N–H and O–H groups in total. The maximum Gasteiger partial charge on any atom is 0.312 e. The Morgan fingerprint density at radius 1 is 0.623 bits per heavy atom. The van der Waals surface area contributed by atoms with E-state index in [1.807, 2.05) is 12.4 Å². The Labute approximate surface area is 310 Å². The van der Waals surface area contributed by atoms with Crippen LogP contribution >= 0.6 is 0 Å². The second-order valence-corrected chi connectivity index (χ2v) is 14.2. The van der Waals surface area contributed by atoms with Crippen LogP contribution in [0.15, 0.2) is 60.5 Å². The summed E-state index contributed by atoms with van der Waals surface area (Å²) in [6, 6.07) is 3.58. The fourth-order valence-electron chi connectivity index (χ4n) is 8.30. The van der Waals surface area contributed by atoms with Crippen molar-refractivity contribution in [2.24, 2.45) is 25.6 Å². The van der Waals surface area contributed by atoms with Crippen molar-refractivity contribution in [1.82, 2.24) is 48.7 Å². The summed E-state index contributed by atoms with van der Waals surface area (Å²) in [7, 11) is 4.26. The van der Waals surface area contributed by atoms with Crippen molar-refractivity contribution in [2.75, 3.05) is 52.4 Å². The fourth-order valence-corrected chi connectivity index (χ4v) is 8.30. The number of piperidine rings is 2. The van der Waals surface area contributed by atoms with E-state index in [-0.39, 0.29) is 5.48 Å². The molecule has 4 aliphatic rings. The number of aromatic nitrogens is 6. The smallest absolute Gasteiger partial charge is 0.312 e. The molecule has 4 aromatic heterocycles. The van der Waals surface area contributed by atoms with Crippen molar-refractivity contribution in [3.8, 4) is 0 Å². The molecule has 0 radical (unpaired) electrons. The SMILES string of the molecule is Cn1ccc2c1CCn1ccnc1C2=C1CCN(CCNC(N)=O)CC1.Cn1ccc2c1CCn1ccnc1C2=C1CCN(CCNC(N)=O)CC1.O. The highest BCUT2D eigenvalue weighted by Crippen LogP contribution is 2.37. The van der Waals surface area contributed by atoms with E-state index in [0.717, 1.165) is 103 Å². The van der Waals surface area contributed by atoms with Crippen LogP contribution < -0.4 is 22.1 Å². The largest absolute Gasteiger partial charge is 0.412 e. The van der Waals surface area contributed by atoms with E-state index >= 15 is 0 Å². The molecule has 0 aliphatic carbocycles. The lowest BCUT2D eigenvalue weighted by Crippen LogP contribution is -2.39. The van der Waals surface area contributed by atoms with Gasteiger partial charge in [0.05, 0.1) is 0 Å². The molecule has 284 valence electrons. The third kappa shape index (κ3) is 8.27. The average molecular weight is 727 g/mol. The van der Waals surface area contributed by atoms with Crippen LogP contribution in [0, 0.1) is 0 Å². The summed E-state index contributed by atoms with van der Waals surface area (Å²) in [5.74, 6) is 2.21. The number of hydrogen-bond donors (Lipinski definition) is 4. The molecule has 15 heteroatoms. The highest BCUT2D eigenvalue weighted by atomic mass is 16.2. The summed E-state index contributed by atoms with van der Waals surface area (Å²) in [5.41, 5.74) is 21.4. The first-order valence-corrected chi connectivity index (χ1v) is 18.5. The minimum atomic E-state index is -0.452. The molecule has 2 saturated heterocycles. The molecule has 0 saturated carbocycles. The summed E-state index contributed by atoms with van der Waals surface area (Å²) in [4.78, 5) is 35.8. The predicted molar refractivity (Wildman–Crippen MR) is 205 cm³/mol. The van der Waals surface area contributed by atoms with Gasteiger partial charge in [-0.15, -0.1) is 0 Å². The van der Waals surface area contributed by atoms with E-state index < -0.39 is 12.1 Å². The van der Waals surface area contributed by atoms with Gasteiger partial charge in [0.25, 0.3) is 0 Å². The number of imidazole rings is 2. The van der Waals surface area contributed by atoms with Gasteiger partial charge in [-0.1, -0.05) is 11.1 Å². The fraction of sp³-hybridized carbons (Fsp3) is 0.474. The third-order valence-corrected chi connectivity index (χ3v) is 11.1. The van der Waals surface area contributed by atoms with Crippen LogP contribution in [0.2, 0.25) is 0 Å². The molecule has 8 rings (SSSR count). The van der Waals surface area contributed by atoms with Crippen LogP contribution in [0.3, 0.4) is 0 Å². The van der Waals surface area contributed by atoms with E-state index in [9.17, 15) is 9.59 Å². The molecular weight excluding hydrogens is 672 g/mol. The lowest BCUT2D eigenvalue weighted by atomic mass is 9.92. The van der Waals surface area contributed by atoms with E-state index in [1.54, 1.807) is 0 Å². The topological polar surface area (TPSA) is 194 Å². The maximum absolute atomic E-state index is 10.8. The van der Waals surface area contributed by atoms with Crippen molar-refractivity contribution in [1.29, 1.82) is 0 Å². The van der Waals surface area contributed by atoms with Crippen molar-refractivity contribution in [3.63, 3.8) is 0 Å². The lowest BCUT2D eigenvalue weighted by Gasteiger charge is -2.29. The monoisotopic (exact) mass is 726 g/mol. The number of primary amides is 2. The molecule has 8 heterocycles. The van der Waals surface area contributed by atoms with Crippen LogP contribution in [0.5, 0.6) is 0 Å². The summed E-state index contributed by atoms with van der Waals surface area (Å²) in [6.07, 6.45) is 18.5. The molecule has 53 heavy (non-hydrogen) atoms. The zero-order chi connectivity index (χ0) is 36.2. The molecule has 2 fully saturated rings. The van der Waals surface area contributed by atoms with Gasteiger partial charge in [-0.05, 0) is 37.8 Å². The summed E-state index contributed by atoms with van der Waals surface area (Å²) in [5, 5.41) is 5.34. The highest BCUT2D eigenvalue weighted by molar-refractivity contribution is 5.82. The number of likely N-dealkylation sites (tertiary alicyclic amines) is 2. The van der Waals surface area contributed by atoms with Crippen molar-refractivity contribution < 1.29 is 15.1 Å². The van der Waals surface area contributed by atoms with Gasteiger partial charge in [0.1, 0.15) is 11.6 Å². The third-order valence-electron chi connectivity index (χ3n) is 11.1. The number of urea groups is 2. The first kappa shape index (κ1) is 37.6. The van der Waals surface area contributed by atoms with Gasteiger partial charge < -0.3 is 55.6 Å². The molecule has 0 bridgehead atoms. The van der Waals surface area contributed by atoms with Gasteiger partial charge >= 0.3 is 12.1 Å². The predicted octanol–water partition coefficient (Wildman–Crippen LogP) is 1.86. The zero-order valence-electron chi connectivity index (χ0n) is 31.0. The molecule has 0 aromatic carbocycles. The first-order chi connectivity index (χ1) is 25.3. The van der Waals surface area contributed by atoms with Crippen LogP contribution in [-0.2, 0) is 40.0 Å². The molecule has 15 nitrogen and oxygen atoms in total. The van der Waals surface area contributed by atoms with Crippen molar-refractivity contribution in [3.05, 3.63) is 94.6 Å². The number of amides is 4. The Kier molecular flexibility index (Phi) is 11.9. The van der Waals surface area contributed by atoms with Gasteiger partial charge in [-0.2, -0.15) is 0 Å². The van der Waals surface area contributed by atoms with Crippen LogP contribution in [0.4, 0.5) is 9.59 Å². The van der Waals surface area contributed by atoms with Gasteiger partial charge in [0, 0.05) is 163 Å². The normalized spacial score (nSPS) is 17.2. The number of fused-ring (bicyclic) bond motifs is 4. The quantitative estimate of drug-likeness (QED) is 0.234. The number of carbonyl (C=O) groups excluding carboxylic acids is 2. The van der Waals surface area contributed by atoms with Gasteiger partial charge in [0.2, 0.25) is 0 Å². The summed E-state index contributed by atoms with van der Waals surface area (Å²) < 4.78 is 9.05. The van der Waals surface area contributed by atoms with Crippen LogP contribution in [-0.4, -0.2) is 108 Å². The van der Waals surface area contributed by atoms with E-state index in [1.165, 1.54) is 44.8 Å². The van der Waals surface area contributed by atoms with Crippen molar-refractivity contribution in [2.45, 2.75) is 51.6 Å². The number of nitrogens with one attached hydrogen (secondary N) is 2. The van der Waals surface area contributed by atoms with Gasteiger partial charge in [-0.3, -0.25) is 0 Å². The molecule has 4 amide bonds. The van der Waals surface area contributed by atoms with Crippen molar-refractivity contribution >= 4 is 23.2 Å². The second-order valence-electron chi connectivity index (χ2n) is 14.2. The number of nitrogens with two attached hydrogens (primary N) is 2. The van der Waals surface area contributed by atoms with Crippen LogP contribution in [0.25, 0.3) is 11.1 Å². The Morgan fingerprint density at radius 2 is 1.02 bits per heavy atom. The van der Waals surface area contributed by atoms with Crippen LogP contribution in [0.1, 0.15) is 59.8 Å². The number of rotatable bonds is 6. The first-order valence-electron chi connectivity index (χ1n) is 18.5. The maximum atomic E-state index is 10.8. The number of aryl methyl sites for hydroxylation is 4. The summed E-state index contributed by atoms with van der Waals surface area (Å²) >= 11 is 0. The minimum absolute atomic E-state index is 0. The molecule has 0 unspecified atom stereocenters. The van der Waals surface area contributed by atoms with Gasteiger partial charge in [0.15, 0.2) is 0 Å². The highest BCUT2D eigenvalue weighted by Gasteiger charge is 2.28. The average Bonchev–Trinajstić information content (AvgIpc) is 3.91. The number of nitrogens with zero attached hydrogens (tertiary/aromatic N) is 8. The molecule has 4 aromatic rings. The molecule has 4 aliphatic heterocycles. The lowest BCUT2D eigenvalue weighted by molar-refractivity contribution is 0.237. The number of hydrogen-bond acceptors (Lipinski definition) is 6. The van der Waals surface area contributed by atoms with E-state index in [2.05, 4.69) is 89.7 Å². The zero-order valence-corrected chi connectivity index (χ0v) is 31.0. The minimum Gasteiger partial charge on any atom is -0.412 e. The Hall–Kier alpha value is -5.12. The Balaban J connectivity index is 0.000000178. The molecule has 0 spiro atoms. The Morgan fingerprint density at radius 3 is 1.40 bits per heavy atom. The molecule has 0 atom stereocenters. The van der Waals surface area contributed by atoms with E-state index in [0.29, 0.717) is 13.1 Å². The summed E-state index contributed by atoms with van der Waals surface area (Å²) in [6.45, 7) is 8.86. The van der Waals surface area contributed by atoms with Gasteiger partial charge in [-0.25, -0.2) is 19.6 Å². The molecular formula is C38H54N12O3. The second kappa shape index (κ2) is 16.7. The van der Waals surface area contributed by atoms with E-state index in [4.69, 9.17) is 21.4 Å². The Bertz CT molecular complexity index is 1820.